The van der Waals surface area contributed by atoms with E-state index in [0.29, 0.717) is 5.69 Å². The van der Waals surface area contributed by atoms with E-state index < -0.39 is 17.6 Å². The summed E-state index contributed by atoms with van der Waals surface area (Å²) in [4.78, 5) is 0. The second kappa shape index (κ2) is 4.47. The van der Waals surface area contributed by atoms with Gasteiger partial charge in [-0.3, -0.25) is 5.43 Å². The number of nitrogens with two attached hydrogens (primary N) is 1. The number of hydrazone groups is 1. The van der Waals surface area contributed by atoms with Crippen molar-refractivity contribution in [2.75, 3.05) is 5.43 Å². The van der Waals surface area contributed by atoms with Crippen molar-refractivity contribution in [3.8, 4) is 0 Å². The van der Waals surface area contributed by atoms with Gasteiger partial charge in [-0.2, -0.15) is 18.3 Å². The summed E-state index contributed by atoms with van der Waals surface area (Å²) in [6.45, 7) is 0. The van der Waals surface area contributed by atoms with Crippen LogP contribution >= 0.6 is 0 Å². The van der Waals surface area contributed by atoms with Crippen LogP contribution in [0.4, 0.5) is 18.9 Å². The fourth-order valence-electron chi connectivity index (χ4n) is 1.25. The Morgan fingerprint density at radius 1 is 1.11 bits per heavy atom. The fraction of sp³-hybridized carbons (Fsp3) is 0.100. The van der Waals surface area contributed by atoms with Crippen molar-refractivity contribution in [2.24, 2.45) is 21.0 Å². The van der Waals surface area contributed by atoms with E-state index in [-0.39, 0.29) is 5.84 Å². The van der Waals surface area contributed by atoms with Crippen LogP contribution in [0.5, 0.6) is 0 Å². The molecule has 5 nitrogen and oxygen atoms in total. The second-order valence-corrected chi connectivity index (χ2v) is 3.37. The summed E-state index contributed by atoms with van der Waals surface area (Å²) in [7, 11) is 0. The highest BCUT2D eigenvalue weighted by Gasteiger charge is 2.43. The molecule has 0 aliphatic carbocycles. The lowest BCUT2D eigenvalue weighted by Crippen LogP contribution is -2.36. The maximum atomic E-state index is 12.5. The summed E-state index contributed by atoms with van der Waals surface area (Å²) in [6, 6.07) is 8.50. The van der Waals surface area contributed by atoms with Gasteiger partial charge in [0.1, 0.15) is 0 Å². The van der Waals surface area contributed by atoms with E-state index in [1.165, 1.54) is 0 Å². The lowest BCUT2D eigenvalue weighted by molar-refractivity contribution is -0.0566. The van der Waals surface area contributed by atoms with Gasteiger partial charge in [0.25, 0.3) is 0 Å². The van der Waals surface area contributed by atoms with Gasteiger partial charge in [-0.25, -0.2) is 0 Å². The fourth-order valence-corrected chi connectivity index (χ4v) is 1.25. The number of anilines is 1. The first-order chi connectivity index (χ1) is 8.48. The highest BCUT2D eigenvalue weighted by Crippen LogP contribution is 2.21. The van der Waals surface area contributed by atoms with Crippen molar-refractivity contribution in [1.82, 2.24) is 0 Å². The molecule has 0 amide bonds. The van der Waals surface area contributed by atoms with Gasteiger partial charge in [0.15, 0.2) is 17.3 Å². The number of benzene rings is 1. The van der Waals surface area contributed by atoms with E-state index in [4.69, 9.17) is 5.73 Å². The molecule has 3 N–H and O–H groups in total. The summed E-state index contributed by atoms with van der Waals surface area (Å²) in [5.41, 5.74) is 6.58. The minimum atomic E-state index is -4.64. The largest absolute Gasteiger partial charge is 0.437 e. The number of hydrogen-bond acceptors (Lipinski definition) is 5. The number of rotatable bonds is 2. The lowest BCUT2D eigenvalue weighted by atomic mass is 10.2. The van der Waals surface area contributed by atoms with Gasteiger partial charge in [-0.05, 0) is 12.1 Å². The number of nitrogens with zero attached hydrogens (tertiary/aromatic N) is 3. The molecule has 94 valence electrons. The first-order valence-corrected chi connectivity index (χ1v) is 4.86. The van der Waals surface area contributed by atoms with E-state index in [2.05, 4.69) is 20.7 Å². The molecular formula is C10H8F3N5. The summed E-state index contributed by atoms with van der Waals surface area (Å²) in [6.07, 6.45) is -4.64. The van der Waals surface area contributed by atoms with E-state index in [1.807, 2.05) is 0 Å². The molecule has 8 heteroatoms. The molecule has 1 aromatic rings. The van der Waals surface area contributed by atoms with Gasteiger partial charge >= 0.3 is 6.18 Å². The Hall–Kier alpha value is -2.38. The van der Waals surface area contributed by atoms with Crippen LogP contribution in [0.2, 0.25) is 0 Å². The molecule has 1 heterocycles. The number of amidine groups is 1. The maximum Gasteiger partial charge on any atom is 0.437 e. The molecule has 0 bridgehead atoms. The zero-order valence-electron chi connectivity index (χ0n) is 8.94. The van der Waals surface area contributed by atoms with Crippen LogP contribution in [0, 0.1) is 0 Å². The van der Waals surface area contributed by atoms with Gasteiger partial charge in [0, 0.05) is 0 Å². The van der Waals surface area contributed by atoms with Crippen LogP contribution in [0.15, 0.2) is 45.6 Å². The molecule has 0 fully saturated rings. The molecule has 18 heavy (non-hydrogen) atoms. The summed E-state index contributed by atoms with van der Waals surface area (Å²) in [5, 5.41) is 9.72. The van der Waals surface area contributed by atoms with Crippen LogP contribution in [0.1, 0.15) is 0 Å². The van der Waals surface area contributed by atoms with Gasteiger partial charge < -0.3 is 5.73 Å². The number of nitrogens with one attached hydrogen (secondary N) is 1. The molecule has 0 spiro atoms. The molecule has 0 saturated heterocycles. The summed E-state index contributed by atoms with van der Waals surface area (Å²) in [5.74, 6) is -0.370. The molecule has 0 aromatic heterocycles. The Balaban J connectivity index is 2.21. The zero-order valence-corrected chi connectivity index (χ0v) is 8.94. The highest BCUT2D eigenvalue weighted by molar-refractivity contribution is 6.70. The number of para-hydroxylation sites is 1. The smallest absolute Gasteiger partial charge is 0.380 e. The van der Waals surface area contributed by atoms with Crippen molar-refractivity contribution in [2.45, 2.75) is 6.18 Å². The molecule has 0 atom stereocenters. The Labute approximate surface area is 99.9 Å². The topological polar surface area (TPSA) is 75.1 Å². The molecule has 0 saturated carbocycles. The maximum absolute atomic E-state index is 12.5. The monoisotopic (exact) mass is 255 g/mol. The molecule has 0 radical (unpaired) electrons. The zero-order chi connectivity index (χ0) is 13.2. The van der Waals surface area contributed by atoms with E-state index in [0.717, 1.165) is 0 Å². The van der Waals surface area contributed by atoms with Gasteiger partial charge in [0.2, 0.25) is 0 Å². The Kier molecular flexibility index (Phi) is 3.00. The number of halogens is 3. The first-order valence-electron chi connectivity index (χ1n) is 4.86. The van der Waals surface area contributed by atoms with Crippen molar-refractivity contribution >= 4 is 22.9 Å². The van der Waals surface area contributed by atoms with E-state index in [9.17, 15) is 13.2 Å². The van der Waals surface area contributed by atoms with Crippen LogP contribution < -0.4 is 11.2 Å². The van der Waals surface area contributed by atoms with Crippen LogP contribution in [-0.2, 0) is 0 Å². The Morgan fingerprint density at radius 2 is 1.78 bits per heavy atom. The quantitative estimate of drug-likeness (QED) is 0.790. The molecule has 0 unspecified atom stereocenters. The molecule has 1 aliphatic rings. The SMILES string of the molecule is NC1=NN=C(C(F)(F)F)C1=NNc1ccccc1. The predicted octanol–water partition coefficient (Wildman–Crippen LogP) is 1.74. The Bertz CT molecular complexity index is 530. The van der Waals surface area contributed by atoms with E-state index in [1.54, 1.807) is 30.3 Å². The number of alkyl halides is 3. The standard InChI is InChI=1S/C10H8F3N5/c11-10(12,13)8-7(9(14)18-17-8)16-15-6-4-2-1-3-5-6/h1-5,15H,(H2,14,16,18). The first kappa shape index (κ1) is 12.1. The third-order valence-electron chi connectivity index (χ3n) is 2.06. The van der Waals surface area contributed by atoms with Crippen molar-refractivity contribution < 1.29 is 13.2 Å². The van der Waals surface area contributed by atoms with Crippen molar-refractivity contribution in [3.63, 3.8) is 0 Å². The normalized spacial score (nSPS) is 17.6. The average Bonchev–Trinajstić information content (AvgIpc) is 2.69. The number of hydrogen-bond donors (Lipinski definition) is 2. The van der Waals surface area contributed by atoms with Crippen LogP contribution in [0.25, 0.3) is 0 Å². The highest BCUT2D eigenvalue weighted by atomic mass is 19.4. The average molecular weight is 255 g/mol. The summed E-state index contributed by atoms with van der Waals surface area (Å²) < 4.78 is 37.6. The second-order valence-electron chi connectivity index (χ2n) is 3.37. The van der Waals surface area contributed by atoms with Gasteiger partial charge in [-0.1, -0.05) is 18.2 Å². The molecule has 1 aromatic carbocycles. The third kappa shape index (κ3) is 2.47. The predicted molar refractivity (Wildman–Crippen MR) is 62.6 cm³/mol. The van der Waals surface area contributed by atoms with Crippen molar-refractivity contribution in [3.05, 3.63) is 30.3 Å². The molecular weight excluding hydrogens is 247 g/mol. The van der Waals surface area contributed by atoms with Gasteiger partial charge in [-0.15, -0.1) is 10.2 Å². The van der Waals surface area contributed by atoms with E-state index >= 15 is 0 Å². The van der Waals surface area contributed by atoms with Gasteiger partial charge in [0.05, 0.1) is 5.69 Å². The van der Waals surface area contributed by atoms with Crippen molar-refractivity contribution in [1.29, 1.82) is 0 Å². The molecule has 2 rings (SSSR count). The lowest BCUT2D eigenvalue weighted by Gasteiger charge is -2.07. The Morgan fingerprint density at radius 3 is 2.39 bits per heavy atom. The van der Waals surface area contributed by atoms with Crippen LogP contribution in [0.3, 0.4) is 0 Å². The van der Waals surface area contributed by atoms with Crippen LogP contribution in [-0.4, -0.2) is 23.4 Å². The minimum Gasteiger partial charge on any atom is -0.380 e. The molecule has 1 aliphatic heterocycles. The third-order valence-corrected chi connectivity index (χ3v) is 2.06. The summed E-state index contributed by atoms with van der Waals surface area (Å²) >= 11 is 0. The minimum absolute atomic E-state index is 0.370.